The minimum absolute atomic E-state index is 0.0308. The highest BCUT2D eigenvalue weighted by molar-refractivity contribution is 6.01. The Labute approximate surface area is 196 Å². The van der Waals surface area contributed by atoms with Gasteiger partial charge in [-0.3, -0.25) is 19.6 Å². The molecule has 0 fully saturated rings. The first kappa shape index (κ1) is 23.0. The molecule has 9 heteroatoms. The van der Waals surface area contributed by atoms with Crippen molar-refractivity contribution in [3.63, 3.8) is 0 Å². The van der Waals surface area contributed by atoms with Crippen LogP contribution in [0.4, 0.5) is 10.5 Å². The average Bonchev–Trinajstić information content (AvgIpc) is 3.35. The molecule has 0 atom stereocenters. The van der Waals surface area contributed by atoms with Crippen LogP contribution in [0.5, 0.6) is 0 Å². The van der Waals surface area contributed by atoms with Crippen molar-refractivity contribution in [3.8, 4) is 11.1 Å². The van der Waals surface area contributed by atoms with Gasteiger partial charge in [-0.15, -0.1) is 0 Å². The minimum atomic E-state index is -0.996. The quantitative estimate of drug-likeness (QED) is 0.527. The number of aryl methyl sites for hydroxylation is 1. The molecule has 0 saturated carbocycles. The van der Waals surface area contributed by atoms with Crippen molar-refractivity contribution >= 4 is 23.7 Å². The standard InChI is InChI=1S/C25H26N4O5/c1-3-29(13-12-22(30)31)24(32)23-21(14-28(2)27-23)26-25(33)34-15-20-18-10-6-4-8-16(18)17-9-5-7-11-19(17)20/h4-11,14,20H,3,12-13,15H2,1-2H3,(H,26,33)(H,30,31). The topological polar surface area (TPSA) is 114 Å². The largest absolute Gasteiger partial charge is 0.481 e. The number of aliphatic carboxylic acids is 1. The Kier molecular flexibility index (Phi) is 6.62. The Morgan fingerprint density at radius 1 is 1.09 bits per heavy atom. The maximum Gasteiger partial charge on any atom is 0.411 e. The molecule has 1 aliphatic carbocycles. The van der Waals surface area contributed by atoms with Crippen LogP contribution in [0, 0.1) is 0 Å². The van der Waals surface area contributed by atoms with E-state index in [1.54, 1.807) is 14.0 Å². The number of amides is 2. The Hall–Kier alpha value is -4.14. The number of fused-ring (bicyclic) bond motifs is 3. The first-order chi connectivity index (χ1) is 16.4. The summed E-state index contributed by atoms with van der Waals surface area (Å²) in [7, 11) is 1.63. The maximum atomic E-state index is 12.9. The number of aromatic nitrogens is 2. The van der Waals surface area contributed by atoms with Crippen molar-refractivity contribution in [1.82, 2.24) is 14.7 Å². The summed E-state index contributed by atoms with van der Waals surface area (Å²) in [4.78, 5) is 37.8. The molecule has 1 aromatic heterocycles. The second-order valence-electron chi connectivity index (χ2n) is 8.04. The van der Waals surface area contributed by atoms with Crippen molar-refractivity contribution in [2.24, 2.45) is 7.05 Å². The van der Waals surface area contributed by atoms with Crippen molar-refractivity contribution in [1.29, 1.82) is 0 Å². The fraction of sp³-hybridized carbons (Fsp3) is 0.280. The molecule has 9 nitrogen and oxygen atoms in total. The van der Waals surface area contributed by atoms with Crippen molar-refractivity contribution in [2.45, 2.75) is 19.3 Å². The van der Waals surface area contributed by atoms with Crippen LogP contribution in [0.1, 0.15) is 40.9 Å². The van der Waals surface area contributed by atoms with E-state index in [1.807, 2.05) is 36.4 Å². The van der Waals surface area contributed by atoms with Gasteiger partial charge in [0, 0.05) is 32.3 Å². The number of carboxylic acids is 1. The number of hydrogen-bond acceptors (Lipinski definition) is 5. The molecule has 2 N–H and O–H groups in total. The zero-order chi connectivity index (χ0) is 24.2. The molecule has 0 saturated heterocycles. The van der Waals surface area contributed by atoms with Crippen LogP contribution in [0.3, 0.4) is 0 Å². The molecular formula is C25H26N4O5. The molecule has 3 aromatic rings. The van der Waals surface area contributed by atoms with Gasteiger partial charge in [0.1, 0.15) is 6.61 Å². The molecule has 0 bridgehead atoms. The third kappa shape index (κ3) is 4.63. The fourth-order valence-electron chi connectivity index (χ4n) is 4.27. The van der Waals surface area contributed by atoms with Gasteiger partial charge in [-0.25, -0.2) is 4.79 Å². The lowest BCUT2D eigenvalue weighted by atomic mass is 9.98. The monoisotopic (exact) mass is 462 g/mol. The number of nitrogens with zero attached hydrogens (tertiary/aromatic N) is 3. The van der Waals surface area contributed by atoms with Crippen molar-refractivity contribution < 1.29 is 24.2 Å². The number of carboxylic acid groups (broad SMARTS) is 1. The summed E-state index contributed by atoms with van der Waals surface area (Å²) in [5.41, 5.74) is 4.71. The summed E-state index contributed by atoms with van der Waals surface area (Å²) < 4.78 is 6.98. The van der Waals surface area contributed by atoms with Gasteiger partial charge >= 0.3 is 12.1 Å². The van der Waals surface area contributed by atoms with Crippen LogP contribution in [0.2, 0.25) is 0 Å². The lowest BCUT2D eigenvalue weighted by Crippen LogP contribution is -2.34. The van der Waals surface area contributed by atoms with E-state index in [4.69, 9.17) is 9.84 Å². The summed E-state index contributed by atoms with van der Waals surface area (Å²) in [6, 6.07) is 16.1. The van der Waals surface area contributed by atoms with Crippen LogP contribution in [0.25, 0.3) is 11.1 Å². The number of rotatable bonds is 8. The molecule has 34 heavy (non-hydrogen) atoms. The number of carbonyl (C=O) groups excluding carboxylic acids is 2. The zero-order valence-corrected chi connectivity index (χ0v) is 19.0. The number of carbonyl (C=O) groups is 3. The second-order valence-corrected chi connectivity index (χ2v) is 8.04. The average molecular weight is 463 g/mol. The Balaban J connectivity index is 1.46. The normalized spacial score (nSPS) is 12.1. The number of nitrogens with one attached hydrogen (secondary N) is 1. The van der Waals surface area contributed by atoms with E-state index in [1.165, 1.54) is 15.8 Å². The summed E-state index contributed by atoms with van der Waals surface area (Å²) in [6.45, 7) is 2.25. The minimum Gasteiger partial charge on any atom is -0.481 e. The molecule has 0 spiro atoms. The SMILES string of the molecule is CCN(CCC(=O)O)C(=O)c1nn(C)cc1NC(=O)OCC1c2ccccc2-c2ccccc21. The van der Waals surface area contributed by atoms with Crippen molar-refractivity contribution in [3.05, 3.63) is 71.5 Å². The lowest BCUT2D eigenvalue weighted by molar-refractivity contribution is -0.137. The Morgan fingerprint density at radius 3 is 2.29 bits per heavy atom. The molecular weight excluding hydrogens is 436 g/mol. The predicted octanol–water partition coefficient (Wildman–Crippen LogP) is 3.72. The third-order valence-corrected chi connectivity index (χ3v) is 5.88. The van der Waals surface area contributed by atoms with Gasteiger partial charge in [-0.1, -0.05) is 48.5 Å². The van der Waals surface area contributed by atoms with E-state index in [0.29, 0.717) is 6.54 Å². The van der Waals surface area contributed by atoms with Gasteiger partial charge in [-0.05, 0) is 29.2 Å². The smallest absolute Gasteiger partial charge is 0.411 e. The number of ether oxygens (including phenoxy) is 1. The molecule has 1 heterocycles. The molecule has 0 radical (unpaired) electrons. The predicted molar refractivity (Wildman–Crippen MR) is 126 cm³/mol. The number of anilines is 1. The van der Waals surface area contributed by atoms with Gasteiger partial charge in [0.05, 0.1) is 12.1 Å². The van der Waals surface area contributed by atoms with Gasteiger partial charge in [0.15, 0.2) is 5.69 Å². The molecule has 176 valence electrons. The van der Waals surface area contributed by atoms with Crippen LogP contribution < -0.4 is 5.32 Å². The maximum absolute atomic E-state index is 12.9. The first-order valence-electron chi connectivity index (χ1n) is 11.1. The van der Waals surface area contributed by atoms with E-state index in [9.17, 15) is 14.4 Å². The highest BCUT2D eigenvalue weighted by atomic mass is 16.5. The number of hydrogen-bond donors (Lipinski definition) is 2. The lowest BCUT2D eigenvalue weighted by Gasteiger charge is -2.19. The second kappa shape index (κ2) is 9.78. The van der Waals surface area contributed by atoms with E-state index >= 15 is 0 Å². The van der Waals surface area contributed by atoms with Crippen LogP contribution in [0.15, 0.2) is 54.7 Å². The Morgan fingerprint density at radius 2 is 1.71 bits per heavy atom. The highest BCUT2D eigenvalue weighted by Crippen LogP contribution is 2.44. The van der Waals surface area contributed by atoms with Crippen LogP contribution in [-0.2, 0) is 16.6 Å². The molecule has 2 amide bonds. The summed E-state index contributed by atoms with van der Waals surface area (Å²) in [5.74, 6) is -1.54. The molecule has 2 aromatic carbocycles. The molecule has 0 aliphatic heterocycles. The van der Waals surface area contributed by atoms with Gasteiger partial charge < -0.3 is 14.7 Å². The van der Waals surface area contributed by atoms with E-state index in [0.717, 1.165) is 22.3 Å². The fourth-order valence-corrected chi connectivity index (χ4v) is 4.27. The van der Waals surface area contributed by atoms with Crippen molar-refractivity contribution in [2.75, 3.05) is 25.0 Å². The van der Waals surface area contributed by atoms with Gasteiger partial charge in [-0.2, -0.15) is 5.10 Å². The van der Waals surface area contributed by atoms with Crippen LogP contribution >= 0.6 is 0 Å². The first-order valence-corrected chi connectivity index (χ1v) is 11.1. The van der Waals surface area contributed by atoms with Gasteiger partial charge in [0.2, 0.25) is 0 Å². The van der Waals surface area contributed by atoms with E-state index in [2.05, 4.69) is 22.5 Å². The summed E-state index contributed by atoms with van der Waals surface area (Å²) >= 11 is 0. The molecule has 4 rings (SSSR count). The van der Waals surface area contributed by atoms with E-state index < -0.39 is 18.0 Å². The zero-order valence-electron chi connectivity index (χ0n) is 19.0. The third-order valence-electron chi connectivity index (χ3n) is 5.88. The highest BCUT2D eigenvalue weighted by Gasteiger charge is 2.29. The molecule has 0 unspecified atom stereocenters. The van der Waals surface area contributed by atoms with Gasteiger partial charge in [0.25, 0.3) is 5.91 Å². The summed E-state index contributed by atoms with van der Waals surface area (Å²) in [5, 5.41) is 15.7. The van der Waals surface area contributed by atoms with Crippen LogP contribution in [-0.4, -0.2) is 57.5 Å². The Bertz CT molecular complexity index is 1190. The summed E-state index contributed by atoms with van der Waals surface area (Å²) in [6.07, 6.45) is 0.638. The molecule has 1 aliphatic rings. The number of benzene rings is 2. The van der Waals surface area contributed by atoms with E-state index in [-0.39, 0.29) is 36.9 Å².